The van der Waals surface area contributed by atoms with Crippen molar-refractivity contribution in [1.82, 2.24) is 15.2 Å². The minimum atomic E-state index is 0.993. The first kappa shape index (κ1) is 15.7. The Morgan fingerprint density at radius 3 is 2.48 bits per heavy atom. The summed E-state index contributed by atoms with van der Waals surface area (Å²) in [4.78, 5) is 6.75. The maximum Gasteiger partial charge on any atom is 0.0416 e. The van der Waals surface area contributed by atoms with Crippen molar-refractivity contribution in [2.75, 3.05) is 27.2 Å². The first-order valence-electron chi connectivity index (χ1n) is 7.59. The summed E-state index contributed by atoms with van der Waals surface area (Å²) in [5.74, 6) is 0. The molecule has 0 radical (unpaired) electrons. The molecule has 0 amide bonds. The topological polar surface area (TPSA) is 28.2 Å². The molecule has 0 saturated heterocycles. The van der Waals surface area contributed by atoms with Crippen LogP contribution < -0.4 is 5.32 Å². The maximum absolute atomic E-state index is 4.38. The average Bonchev–Trinajstić information content (AvgIpc) is 2.53. The van der Waals surface area contributed by atoms with Gasteiger partial charge < -0.3 is 10.2 Å². The lowest BCUT2D eigenvalue weighted by atomic mass is 10.0. The Bertz CT molecular complexity index is 525. The molecule has 2 aromatic rings. The third kappa shape index (κ3) is 5.29. The SMILES string of the molecule is CNCCc1ccccc1CN(C)CCc1ccccn1. The summed E-state index contributed by atoms with van der Waals surface area (Å²) in [5.41, 5.74) is 4.03. The van der Waals surface area contributed by atoms with Crippen LogP contribution in [0.2, 0.25) is 0 Å². The molecule has 3 nitrogen and oxygen atoms in total. The molecule has 0 spiro atoms. The summed E-state index contributed by atoms with van der Waals surface area (Å²) in [6, 6.07) is 14.8. The van der Waals surface area contributed by atoms with Gasteiger partial charge in [-0.05, 0) is 50.3 Å². The van der Waals surface area contributed by atoms with Crippen LogP contribution in [0, 0.1) is 0 Å². The molecule has 3 heteroatoms. The van der Waals surface area contributed by atoms with Crippen molar-refractivity contribution in [3.63, 3.8) is 0 Å². The molecule has 0 aliphatic carbocycles. The third-order valence-electron chi connectivity index (χ3n) is 3.68. The zero-order valence-electron chi connectivity index (χ0n) is 13.0. The lowest BCUT2D eigenvalue weighted by Gasteiger charge is -2.18. The first-order chi connectivity index (χ1) is 10.3. The normalized spacial score (nSPS) is 11.0. The van der Waals surface area contributed by atoms with Gasteiger partial charge in [-0.25, -0.2) is 0 Å². The summed E-state index contributed by atoms with van der Waals surface area (Å²) in [7, 11) is 4.18. The average molecular weight is 283 g/mol. The van der Waals surface area contributed by atoms with Crippen LogP contribution in [0.4, 0.5) is 0 Å². The predicted molar refractivity (Wildman–Crippen MR) is 88.3 cm³/mol. The van der Waals surface area contributed by atoms with Crippen LogP contribution >= 0.6 is 0 Å². The Kier molecular flexibility index (Phi) is 6.38. The molecule has 0 aliphatic rings. The van der Waals surface area contributed by atoms with Crippen molar-refractivity contribution < 1.29 is 0 Å². The molecule has 1 heterocycles. The fourth-order valence-electron chi connectivity index (χ4n) is 2.44. The third-order valence-corrected chi connectivity index (χ3v) is 3.68. The van der Waals surface area contributed by atoms with E-state index in [1.54, 1.807) is 0 Å². The van der Waals surface area contributed by atoms with E-state index in [1.807, 2.05) is 19.3 Å². The van der Waals surface area contributed by atoms with Gasteiger partial charge in [0.25, 0.3) is 0 Å². The monoisotopic (exact) mass is 283 g/mol. The van der Waals surface area contributed by atoms with Gasteiger partial charge in [0.1, 0.15) is 0 Å². The van der Waals surface area contributed by atoms with E-state index < -0.39 is 0 Å². The van der Waals surface area contributed by atoms with Crippen LogP contribution in [0.15, 0.2) is 48.7 Å². The van der Waals surface area contributed by atoms with E-state index in [2.05, 4.69) is 58.6 Å². The first-order valence-corrected chi connectivity index (χ1v) is 7.59. The Labute approximate surface area is 128 Å². The van der Waals surface area contributed by atoms with Gasteiger partial charge in [0, 0.05) is 31.4 Å². The number of hydrogen-bond donors (Lipinski definition) is 1. The molecule has 0 unspecified atom stereocenters. The molecule has 0 fully saturated rings. The number of benzene rings is 1. The Morgan fingerprint density at radius 1 is 1.00 bits per heavy atom. The van der Waals surface area contributed by atoms with E-state index in [0.717, 1.165) is 38.2 Å². The summed E-state index contributed by atoms with van der Waals surface area (Å²) in [5, 5.41) is 3.22. The molecule has 112 valence electrons. The summed E-state index contributed by atoms with van der Waals surface area (Å²) in [6.07, 6.45) is 3.94. The molecule has 0 saturated carbocycles. The zero-order chi connectivity index (χ0) is 14.9. The van der Waals surface area contributed by atoms with E-state index in [-0.39, 0.29) is 0 Å². The largest absolute Gasteiger partial charge is 0.319 e. The predicted octanol–water partition coefficient (Wildman–Crippen LogP) is 2.52. The van der Waals surface area contributed by atoms with E-state index in [1.165, 1.54) is 11.1 Å². The fraction of sp³-hybridized carbons (Fsp3) is 0.389. The Balaban J connectivity index is 1.88. The minimum absolute atomic E-state index is 0.993. The molecule has 1 aromatic carbocycles. The fourth-order valence-corrected chi connectivity index (χ4v) is 2.44. The standard InChI is InChI=1S/C18H25N3/c1-19-13-10-16-7-3-4-8-17(16)15-21(2)14-11-18-9-5-6-12-20-18/h3-9,12,19H,10-11,13-15H2,1-2H3. The Morgan fingerprint density at radius 2 is 1.76 bits per heavy atom. The molecular formula is C18H25N3. The van der Waals surface area contributed by atoms with E-state index in [9.17, 15) is 0 Å². The quantitative estimate of drug-likeness (QED) is 0.807. The zero-order valence-corrected chi connectivity index (χ0v) is 13.0. The summed E-state index contributed by atoms with van der Waals surface area (Å²) < 4.78 is 0. The van der Waals surface area contributed by atoms with Crippen LogP contribution in [-0.2, 0) is 19.4 Å². The van der Waals surface area contributed by atoms with E-state index >= 15 is 0 Å². The molecular weight excluding hydrogens is 258 g/mol. The second kappa shape index (κ2) is 8.55. The van der Waals surface area contributed by atoms with E-state index in [0.29, 0.717) is 0 Å². The van der Waals surface area contributed by atoms with Gasteiger partial charge >= 0.3 is 0 Å². The van der Waals surface area contributed by atoms with Crippen molar-refractivity contribution in [3.05, 3.63) is 65.5 Å². The second-order valence-electron chi connectivity index (χ2n) is 5.43. The highest BCUT2D eigenvalue weighted by molar-refractivity contribution is 5.27. The van der Waals surface area contributed by atoms with Gasteiger partial charge in [0.15, 0.2) is 0 Å². The molecule has 21 heavy (non-hydrogen) atoms. The molecule has 1 N–H and O–H groups in total. The number of likely N-dealkylation sites (N-methyl/N-ethyl adjacent to an activating group) is 2. The molecule has 0 atom stereocenters. The van der Waals surface area contributed by atoms with Gasteiger partial charge in [0.05, 0.1) is 0 Å². The Hall–Kier alpha value is -1.71. The van der Waals surface area contributed by atoms with Gasteiger partial charge in [-0.2, -0.15) is 0 Å². The molecule has 2 rings (SSSR count). The van der Waals surface area contributed by atoms with Crippen LogP contribution in [-0.4, -0.2) is 37.1 Å². The van der Waals surface area contributed by atoms with Crippen molar-refractivity contribution in [2.45, 2.75) is 19.4 Å². The lowest BCUT2D eigenvalue weighted by molar-refractivity contribution is 0.329. The van der Waals surface area contributed by atoms with Crippen LogP contribution in [0.3, 0.4) is 0 Å². The number of hydrogen-bond acceptors (Lipinski definition) is 3. The molecule has 0 bridgehead atoms. The smallest absolute Gasteiger partial charge is 0.0416 e. The van der Waals surface area contributed by atoms with Crippen LogP contribution in [0.1, 0.15) is 16.8 Å². The molecule has 1 aromatic heterocycles. The van der Waals surface area contributed by atoms with Gasteiger partial charge in [-0.15, -0.1) is 0 Å². The molecule has 0 aliphatic heterocycles. The summed E-state index contributed by atoms with van der Waals surface area (Å²) in [6.45, 7) is 3.04. The van der Waals surface area contributed by atoms with Crippen LogP contribution in [0.25, 0.3) is 0 Å². The van der Waals surface area contributed by atoms with Crippen LogP contribution in [0.5, 0.6) is 0 Å². The number of rotatable bonds is 8. The second-order valence-corrected chi connectivity index (χ2v) is 5.43. The number of nitrogens with one attached hydrogen (secondary N) is 1. The highest BCUT2D eigenvalue weighted by Crippen LogP contribution is 2.12. The minimum Gasteiger partial charge on any atom is -0.319 e. The van der Waals surface area contributed by atoms with Gasteiger partial charge in [-0.3, -0.25) is 4.98 Å². The van der Waals surface area contributed by atoms with Crippen molar-refractivity contribution in [2.24, 2.45) is 0 Å². The van der Waals surface area contributed by atoms with Crippen molar-refractivity contribution in [3.8, 4) is 0 Å². The lowest BCUT2D eigenvalue weighted by Crippen LogP contribution is -2.22. The van der Waals surface area contributed by atoms with Crippen molar-refractivity contribution >= 4 is 0 Å². The van der Waals surface area contributed by atoms with Gasteiger partial charge in [-0.1, -0.05) is 30.3 Å². The highest BCUT2D eigenvalue weighted by Gasteiger charge is 2.05. The van der Waals surface area contributed by atoms with Crippen molar-refractivity contribution in [1.29, 1.82) is 0 Å². The maximum atomic E-state index is 4.38. The number of aromatic nitrogens is 1. The summed E-state index contributed by atoms with van der Waals surface area (Å²) >= 11 is 0. The number of pyridine rings is 1. The van der Waals surface area contributed by atoms with Gasteiger partial charge in [0.2, 0.25) is 0 Å². The van der Waals surface area contributed by atoms with E-state index in [4.69, 9.17) is 0 Å². The highest BCUT2D eigenvalue weighted by atomic mass is 15.1. The number of nitrogens with zero attached hydrogens (tertiary/aromatic N) is 2.